The van der Waals surface area contributed by atoms with Gasteiger partial charge in [0.25, 0.3) is 10.1 Å². The number of furan rings is 1. The van der Waals surface area contributed by atoms with Gasteiger partial charge in [-0.05, 0) is 12.1 Å². The first kappa shape index (κ1) is 8.29. The lowest BCUT2D eigenvalue weighted by Crippen LogP contribution is -1.99. The average molecular weight is 175 g/mol. The van der Waals surface area contributed by atoms with Crippen LogP contribution < -0.4 is 0 Å². The highest BCUT2D eigenvalue weighted by Gasteiger charge is 2.06. The summed E-state index contributed by atoms with van der Waals surface area (Å²) in [5, 5.41) is 0. The molecule has 0 aliphatic carbocycles. The Hall–Kier alpha value is -0.810. The standard InChI is InChI=1S/C6H7O4S/c7-11(8,9)5-3-6-2-1-4-10-6/h1-2,4-5H,3H2,(H,7,8,9). The molecule has 61 valence electrons. The van der Waals surface area contributed by atoms with Crippen LogP contribution in [-0.2, 0) is 16.5 Å². The van der Waals surface area contributed by atoms with Crippen LogP contribution in [0.15, 0.2) is 22.8 Å². The molecule has 1 N–H and O–H groups in total. The van der Waals surface area contributed by atoms with Crippen LogP contribution >= 0.6 is 0 Å². The van der Waals surface area contributed by atoms with Crippen LogP contribution in [0.25, 0.3) is 0 Å². The van der Waals surface area contributed by atoms with Gasteiger partial charge in [-0.25, -0.2) is 0 Å². The lowest BCUT2D eigenvalue weighted by molar-refractivity contribution is 0.483. The van der Waals surface area contributed by atoms with Gasteiger partial charge in [0.1, 0.15) is 11.5 Å². The van der Waals surface area contributed by atoms with Crippen LogP contribution in [0, 0.1) is 5.75 Å². The van der Waals surface area contributed by atoms with Crippen molar-refractivity contribution in [2.24, 2.45) is 0 Å². The highest BCUT2D eigenvalue weighted by Crippen LogP contribution is 2.04. The van der Waals surface area contributed by atoms with Gasteiger partial charge in [-0.3, -0.25) is 4.55 Å². The Labute approximate surface area is 64.6 Å². The van der Waals surface area contributed by atoms with E-state index in [-0.39, 0.29) is 6.42 Å². The van der Waals surface area contributed by atoms with Crippen LogP contribution in [-0.4, -0.2) is 13.0 Å². The van der Waals surface area contributed by atoms with Gasteiger partial charge in [0.15, 0.2) is 0 Å². The molecule has 0 unspecified atom stereocenters. The molecule has 0 atom stereocenters. The second-order valence-corrected chi connectivity index (χ2v) is 3.33. The van der Waals surface area contributed by atoms with E-state index in [1.807, 2.05) is 0 Å². The topological polar surface area (TPSA) is 67.5 Å². The Balaban J connectivity index is 2.48. The molecule has 0 aromatic carbocycles. The van der Waals surface area contributed by atoms with E-state index in [9.17, 15) is 8.42 Å². The maximum absolute atomic E-state index is 10.2. The summed E-state index contributed by atoms with van der Waals surface area (Å²) in [4.78, 5) is 0. The molecule has 1 aromatic heterocycles. The van der Waals surface area contributed by atoms with Gasteiger partial charge in [-0.1, -0.05) is 0 Å². The molecule has 1 heterocycles. The highest BCUT2D eigenvalue weighted by molar-refractivity contribution is 7.87. The highest BCUT2D eigenvalue weighted by atomic mass is 32.2. The molecule has 0 saturated carbocycles. The van der Waals surface area contributed by atoms with Gasteiger partial charge in [-0.2, -0.15) is 8.42 Å². The van der Waals surface area contributed by atoms with E-state index in [2.05, 4.69) is 0 Å². The molecule has 4 nitrogen and oxygen atoms in total. The fraction of sp³-hybridized carbons (Fsp3) is 0.167. The molecule has 0 fully saturated rings. The van der Waals surface area contributed by atoms with Crippen LogP contribution in [0.2, 0.25) is 0 Å². The molecule has 0 aliphatic rings. The van der Waals surface area contributed by atoms with E-state index in [0.717, 1.165) is 5.75 Å². The number of hydrogen-bond donors (Lipinski definition) is 1. The van der Waals surface area contributed by atoms with Crippen LogP contribution in [0.1, 0.15) is 5.76 Å². The van der Waals surface area contributed by atoms with Gasteiger partial charge in [-0.15, -0.1) is 0 Å². The third kappa shape index (κ3) is 3.20. The largest absolute Gasteiger partial charge is 0.469 e. The summed E-state index contributed by atoms with van der Waals surface area (Å²) < 4.78 is 33.5. The first-order chi connectivity index (χ1) is 5.08. The van der Waals surface area contributed by atoms with Gasteiger partial charge in [0.05, 0.1) is 6.26 Å². The zero-order valence-corrected chi connectivity index (χ0v) is 6.41. The van der Waals surface area contributed by atoms with Crippen molar-refractivity contribution in [2.45, 2.75) is 6.42 Å². The van der Waals surface area contributed by atoms with Gasteiger partial charge >= 0.3 is 0 Å². The van der Waals surface area contributed by atoms with E-state index in [0.29, 0.717) is 5.76 Å². The lowest BCUT2D eigenvalue weighted by atomic mass is 10.4. The quantitative estimate of drug-likeness (QED) is 0.692. The number of hydrogen-bond acceptors (Lipinski definition) is 3. The molecule has 5 heteroatoms. The minimum Gasteiger partial charge on any atom is -0.469 e. The maximum Gasteiger partial charge on any atom is 0.269 e. The van der Waals surface area contributed by atoms with Gasteiger partial charge in [0.2, 0.25) is 0 Å². The molecule has 11 heavy (non-hydrogen) atoms. The second kappa shape index (κ2) is 3.06. The fourth-order valence-electron chi connectivity index (χ4n) is 0.616. The summed E-state index contributed by atoms with van der Waals surface area (Å²) in [6.07, 6.45) is 1.53. The Morgan fingerprint density at radius 1 is 1.64 bits per heavy atom. The van der Waals surface area contributed by atoms with Crippen molar-refractivity contribution < 1.29 is 17.4 Å². The predicted molar refractivity (Wildman–Crippen MR) is 38.3 cm³/mol. The van der Waals surface area contributed by atoms with Crippen molar-refractivity contribution >= 4 is 10.1 Å². The van der Waals surface area contributed by atoms with E-state index >= 15 is 0 Å². The Morgan fingerprint density at radius 3 is 2.82 bits per heavy atom. The molecule has 0 amide bonds. The molecule has 0 saturated heterocycles. The summed E-state index contributed by atoms with van der Waals surface area (Å²) in [6, 6.07) is 3.27. The van der Waals surface area contributed by atoms with E-state index < -0.39 is 10.1 Å². The molecule has 1 rings (SSSR count). The lowest BCUT2D eigenvalue weighted by Gasteiger charge is -1.91. The summed E-state index contributed by atoms with van der Waals surface area (Å²) >= 11 is 0. The smallest absolute Gasteiger partial charge is 0.269 e. The Morgan fingerprint density at radius 2 is 2.36 bits per heavy atom. The normalized spacial score (nSPS) is 11.7. The Kier molecular flexibility index (Phi) is 2.31. The van der Waals surface area contributed by atoms with E-state index in [1.54, 1.807) is 12.1 Å². The molecular formula is C6H7O4S. The molecule has 1 radical (unpaired) electrons. The second-order valence-electron chi connectivity index (χ2n) is 1.97. The van der Waals surface area contributed by atoms with Crippen molar-refractivity contribution in [3.05, 3.63) is 29.9 Å². The van der Waals surface area contributed by atoms with Crippen molar-refractivity contribution in [2.75, 3.05) is 0 Å². The van der Waals surface area contributed by atoms with E-state index in [1.165, 1.54) is 6.26 Å². The fourth-order valence-corrected chi connectivity index (χ4v) is 0.991. The van der Waals surface area contributed by atoms with Crippen molar-refractivity contribution in [3.63, 3.8) is 0 Å². The monoisotopic (exact) mass is 175 g/mol. The van der Waals surface area contributed by atoms with E-state index in [4.69, 9.17) is 8.97 Å². The first-order valence-electron chi connectivity index (χ1n) is 2.91. The van der Waals surface area contributed by atoms with Crippen LogP contribution in [0.4, 0.5) is 0 Å². The number of rotatable bonds is 3. The molecule has 0 aliphatic heterocycles. The van der Waals surface area contributed by atoms with Crippen molar-refractivity contribution in [1.82, 2.24) is 0 Å². The van der Waals surface area contributed by atoms with Gasteiger partial charge < -0.3 is 4.42 Å². The molecular weight excluding hydrogens is 168 g/mol. The third-order valence-electron chi connectivity index (χ3n) is 1.08. The zero-order valence-electron chi connectivity index (χ0n) is 5.60. The summed E-state index contributed by atoms with van der Waals surface area (Å²) in [6.45, 7) is 0. The van der Waals surface area contributed by atoms with Crippen LogP contribution in [0.5, 0.6) is 0 Å². The molecule has 1 aromatic rings. The molecule has 0 spiro atoms. The summed E-state index contributed by atoms with van der Waals surface area (Å²) in [7, 11) is -3.99. The van der Waals surface area contributed by atoms with Crippen LogP contribution in [0.3, 0.4) is 0 Å². The molecule has 0 bridgehead atoms. The van der Waals surface area contributed by atoms with Crippen molar-refractivity contribution in [3.8, 4) is 0 Å². The predicted octanol–water partition coefficient (Wildman–Crippen LogP) is 0.872. The summed E-state index contributed by atoms with van der Waals surface area (Å²) in [5.41, 5.74) is 0. The van der Waals surface area contributed by atoms with Gasteiger partial charge in [0, 0.05) is 6.42 Å². The minimum atomic E-state index is -3.99. The maximum atomic E-state index is 10.2. The first-order valence-corrected chi connectivity index (χ1v) is 4.41. The summed E-state index contributed by atoms with van der Waals surface area (Å²) in [5.74, 6) is 1.29. The average Bonchev–Trinajstić information content (AvgIpc) is 2.32. The van der Waals surface area contributed by atoms with Crippen molar-refractivity contribution in [1.29, 1.82) is 0 Å². The third-order valence-corrected chi connectivity index (χ3v) is 1.66. The minimum absolute atomic E-state index is 0.0891. The zero-order chi connectivity index (χ0) is 8.32. The Bertz CT molecular complexity index is 297. The SMILES string of the molecule is O=S(=O)(O)[CH]Cc1ccco1.